The number of hydrogen-bond acceptors (Lipinski definition) is 6. The highest BCUT2D eigenvalue weighted by atomic mass is 16.5. The summed E-state index contributed by atoms with van der Waals surface area (Å²) in [6.45, 7) is 6.28. The van der Waals surface area contributed by atoms with Crippen LogP contribution in [0.3, 0.4) is 0 Å². The SMILES string of the molecule is CCOC(=O)c1cc(C(=O)N2CCC[C@@H]2c2ccc(C(C)(C)C#N)cc2)c(N)cn1. The summed E-state index contributed by atoms with van der Waals surface area (Å²) in [4.78, 5) is 31.1. The molecule has 2 heterocycles. The van der Waals surface area contributed by atoms with Gasteiger partial charge in [-0.25, -0.2) is 9.78 Å². The van der Waals surface area contributed by atoms with Gasteiger partial charge in [-0.05, 0) is 50.8 Å². The molecule has 1 aliphatic heterocycles. The zero-order valence-corrected chi connectivity index (χ0v) is 17.5. The molecule has 30 heavy (non-hydrogen) atoms. The number of amides is 1. The summed E-state index contributed by atoms with van der Waals surface area (Å²) in [5, 5.41) is 9.34. The van der Waals surface area contributed by atoms with Crippen molar-refractivity contribution in [3.63, 3.8) is 0 Å². The number of nitrogens with two attached hydrogens (primary N) is 1. The normalized spacial score (nSPS) is 16.2. The van der Waals surface area contributed by atoms with Crippen molar-refractivity contribution < 1.29 is 14.3 Å². The summed E-state index contributed by atoms with van der Waals surface area (Å²) in [5.41, 5.74) is 7.92. The monoisotopic (exact) mass is 406 g/mol. The minimum atomic E-state index is -0.583. The first-order valence-electron chi connectivity index (χ1n) is 10.0. The second kappa shape index (κ2) is 8.54. The lowest BCUT2D eigenvalue weighted by Gasteiger charge is -2.26. The Morgan fingerprint density at radius 1 is 1.33 bits per heavy atom. The number of esters is 1. The number of anilines is 1. The third-order valence-electron chi connectivity index (χ3n) is 5.46. The van der Waals surface area contributed by atoms with Crippen LogP contribution in [0.15, 0.2) is 36.5 Å². The van der Waals surface area contributed by atoms with Crippen LogP contribution in [-0.4, -0.2) is 34.9 Å². The molecular weight excluding hydrogens is 380 g/mol. The predicted molar refractivity (Wildman–Crippen MR) is 113 cm³/mol. The van der Waals surface area contributed by atoms with Gasteiger partial charge in [-0.2, -0.15) is 5.26 Å². The summed E-state index contributed by atoms with van der Waals surface area (Å²) in [6.07, 6.45) is 3.03. The van der Waals surface area contributed by atoms with Crippen LogP contribution in [0.1, 0.15) is 71.6 Å². The van der Waals surface area contributed by atoms with Gasteiger partial charge in [0.15, 0.2) is 0 Å². The van der Waals surface area contributed by atoms with Gasteiger partial charge >= 0.3 is 5.97 Å². The van der Waals surface area contributed by atoms with Gasteiger partial charge in [0, 0.05) is 6.54 Å². The zero-order chi connectivity index (χ0) is 21.9. The number of pyridine rings is 1. The number of nitrogens with zero attached hydrogens (tertiary/aromatic N) is 3. The number of hydrogen-bond donors (Lipinski definition) is 1. The molecule has 1 aromatic carbocycles. The summed E-state index contributed by atoms with van der Waals surface area (Å²) in [6, 6.07) is 11.5. The van der Waals surface area contributed by atoms with E-state index in [2.05, 4.69) is 11.1 Å². The fourth-order valence-corrected chi connectivity index (χ4v) is 3.67. The number of aromatic nitrogens is 1. The largest absolute Gasteiger partial charge is 0.461 e. The predicted octanol–water partition coefficient (Wildman–Crippen LogP) is 3.62. The van der Waals surface area contributed by atoms with E-state index < -0.39 is 11.4 Å². The Balaban J connectivity index is 1.87. The Labute approximate surface area is 176 Å². The topological polar surface area (TPSA) is 109 Å². The minimum Gasteiger partial charge on any atom is -0.461 e. The molecule has 2 aromatic rings. The van der Waals surface area contributed by atoms with Crippen LogP contribution in [0, 0.1) is 11.3 Å². The standard InChI is InChI=1S/C23H26N4O3/c1-4-30-22(29)19-12-17(18(25)13-26-19)21(28)27-11-5-6-20(27)15-7-9-16(10-8-15)23(2,3)14-24/h7-10,12-13,20H,4-6,11,25H2,1-3H3/t20-/m1/s1. The molecule has 1 amide bonds. The first kappa shape index (κ1) is 21.3. The number of carbonyl (C=O) groups is 2. The van der Waals surface area contributed by atoms with Crippen molar-refractivity contribution in [2.45, 2.75) is 45.1 Å². The van der Waals surface area contributed by atoms with Gasteiger partial charge in [0.1, 0.15) is 5.69 Å². The van der Waals surface area contributed by atoms with Gasteiger partial charge in [-0.1, -0.05) is 24.3 Å². The van der Waals surface area contributed by atoms with E-state index in [1.165, 1.54) is 12.3 Å². The number of nitrogen functional groups attached to an aromatic ring is 1. The minimum absolute atomic E-state index is 0.0632. The number of rotatable bonds is 5. The molecule has 0 bridgehead atoms. The molecule has 7 nitrogen and oxygen atoms in total. The molecule has 0 radical (unpaired) electrons. The fourth-order valence-electron chi connectivity index (χ4n) is 3.67. The molecule has 2 N–H and O–H groups in total. The van der Waals surface area contributed by atoms with Crippen LogP contribution in [0.5, 0.6) is 0 Å². The molecule has 1 fully saturated rings. The Morgan fingerprint density at radius 2 is 2.03 bits per heavy atom. The molecule has 0 saturated carbocycles. The molecule has 7 heteroatoms. The Kier molecular flexibility index (Phi) is 6.06. The third-order valence-corrected chi connectivity index (χ3v) is 5.46. The van der Waals surface area contributed by atoms with Crippen LogP contribution >= 0.6 is 0 Å². The first-order valence-corrected chi connectivity index (χ1v) is 10.0. The highest BCUT2D eigenvalue weighted by molar-refractivity contribution is 6.01. The Morgan fingerprint density at radius 3 is 2.67 bits per heavy atom. The maximum absolute atomic E-state index is 13.3. The maximum atomic E-state index is 13.3. The second-order valence-corrected chi connectivity index (χ2v) is 7.89. The van der Waals surface area contributed by atoms with Crippen LogP contribution in [0.4, 0.5) is 5.69 Å². The van der Waals surface area contributed by atoms with Gasteiger partial charge in [0.2, 0.25) is 0 Å². The lowest BCUT2D eigenvalue weighted by Crippen LogP contribution is -2.31. The van der Waals surface area contributed by atoms with Crippen molar-refractivity contribution in [2.24, 2.45) is 0 Å². The van der Waals surface area contributed by atoms with Crippen LogP contribution in [0.25, 0.3) is 0 Å². The van der Waals surface area contributed by atoms with E-state index in [-0.39, 0.29) is 35.5 Å². The van der Waals surface area contributed by atoms with Crippen molar-refractivity contribution in [3.8, 4) is 6.07 Å². The van der Waals surface area contributed by atoms with E-state index in [0.717, 1.165) is 24.0 Å². The second-order valence-electron chi connectivity index (χ2n) is 7.89. The summed E-state index contributed by atoms with van der Waals surface area (Å²) in [5.74, 6) is -0.815. The molecule has 3 rings (SSSR count). The van der Waals surface area contributed by atoms with Crippen molar-refractivity contribution >= 4 is 17.6 Å². The number of ether oxygens (including phenoxy) is 1. The fraction of sp³-hybridized carbons (Fsp3) is 0.391. The average molecular weight is 406 g/mol. The van der Waals surface area contributed by atoms with Crippen molar-refractivity contribution in [1.29, 1.82) is 5.26 Å². The Hall–Kier alpha value is -3.40. The van der Waals surface area contributed by atoms with Gasteiger partial charge in [0.25, 0.3) is 5.91 Å². The third kappa shape index (κ3) is 4.13. The molecule has 0 spiro atoms. The number of nitriles is 1. The molecule has 0 aliphatic carbocycles. The van der Waals surface area contributed by atoms with E-state index in [4.69, 9.17) is 10.5 Å². The molecule has 156 valence electrons. The van der Waals surface area contributed by atoms with Crippen LogP contribution < -0.4 is 5.73 Å². The van der Waals surface area contributed by atoms with Crippen molar-refractivity contribution in [3.05, 3.63) is 58.9 Å². The van der Waals surface area contributed by atoms with Crippen molar-refractivity contribution in [2.75, 3.05) is 18.9 Å². The van der Waals surface area contributed by atoms with E-state index in [9.17, 15) is 14.9 Å². The molecule has 1 saturated heterocycles. The first-order chi connectivity index (χ1) is 14.3. The summed E-state index contributed by atoms with van der Waals surface area (Å²) < 4.78 is 4.98. The molecular formula is C23H26N4O3. The number of carbonyl (C=O) groups excluding carboxylic acids is 2. The van der Waals surface area contributed by atoms with Gasteiger partial charge in [-0.3, -0.25) is 4.79 Å². The maximum Gasteiger partial charge on any atom is 0.356 e. The lowest BCUT2D eigenvalue weighted by atomic mass is 9.85. The van der Waals surface area contributed by atoms with E-state index in [0.29, 0.717) is 6.54 Å². The van der Waals surface area contributed by atoms with E-state index in [1.54, 1.807) is 11.8 Å². The highest BCUT2D eigenvalue weighted by Crippen LogP contribution is 2.35. The van der Waals surface area contributed by atoms with Gasteiger partial charge in [0.05, 0.1) is 41.6 Å². The molecule has 1 aromatic heterocycles. The smallest absolute Gasteiger partial charge is 0.356 e. The molecule has 1 aliphatic rings. The number of likely N-dealkylation sites (tertiary alicyclic amines) is 1. The summed E-state index contributed by atoms with van der Waals surface area (Å²) >= 11 is 0. The Bertz CT molecular complexity index is 992. The molecule has 0 unspecified atom stereocenters. The van der Waals surface area contributed by atoms with Crippen molar-refractivity contribution in [1.82, 2.24) is 9.88 Å². The quantitative estimate of drug-likeness (QED) is 0.760. The van der Waals surface area contributed by atoms with Crippen LogP contribution in [0.2, 0.25) is 0 Å². The van der Waals surface area contributed by atoms with E-state index in [1.807, 2.05) is 38.1 Å². The molecule has 1 atom stereocenters. The number of benzene rings is 1. The van der Waals surface area contributed by atoms with Crippen LogP contribution in [-0.2, 0) is 10.2 Å². The average Bonchev–Trinajstić information content (AvgIpc) is 3.23. The zero-order valence-electron chi connectivity index (χ0n) is 17.5. The van der Waals surface area contributed by atoms with Gasteiger partial charge < -0.3 is 15.4 Å². The summed E-state index contributed by atoms with van der Waals surface area (Å²) in [7, 11) is 0. The van der Waals surface area contributed by atoms with Gasteiger partial charge in [-0.15, -0.1) is 0 Å². The lowest BCUT2D eigenvalue weighted by molar-refractivity contribution is 0.0519. The highest BCUT2D eigenvalue weighted by Gasteiger charge is 2.32. The van der Waals surface area contributed by atoms with E-state index >= 15 is 0 Å².